The van der Waals surface area contributed by atoms with Crippen LogP contribution in [0.5, 0.6) is 5.75 Å². The van der Waals surface area contributed by atoms with Crippen molar-refractivity contribution >= 4 is 34.4 Å². The number of amides is 1. The highest BCUT2D eigenvalue weighted by atomic mass is 32.2. The first-order valence-corrected chi connectivity index (χ1v) is 10.00. The Morgan fingerprint density at radius 3 is 2.70 bits per heavy atom. The second-order valence-corrected chi connectivity index (χ2v) is 7.73. The predicted molar refractivity (Wildman–Crippen MR) is 114 cm³/mol. The third-order valence-corrected chi connectivity index (χ3v) is 5.54. The van der Waals surface area contributed by atoms with Crippen molar-refractivity contribution in [2.24, 2.45) is 0 Å². The highest BCUT2D eigenvalue weighted by molar-refractivity contribution is 8.00. The standard InChI is InChI=1S/C21H18FN5O2S/c1-13(20(28)26-17-5-3-4-6-18(17)29-2)30-21-16-11-25-27(19(16)23-12-24-21)15-9-7-14(22)8-10-15/h3-13H,1-2H3,(H,26,28). The van der Waals surface area contributed by atoms with E-state index in [0.717, 1.165) is 0 Å². The van der Waals surface area contributed by atoms with Crippen LogP contribution < -0.4 is 10.1 Å². The lowest BCUT2D eigenvalue weighted by Gasteiger charge is -2.14. The number of nitrogens with one attached hydrogen (secondary N) is 1. The Morgan fingerprint density at radius 2 is 1.93 bits per heavy atom. The van der Waals surface area contributed by atoms with Crippen molar-refractivity contribution in [1.82, 2.24) is 19.7 Å². The summed E-state index contributed by atoms with van der Waals surface area (Å²) in [7, 11) is 1.56. The number of para-hydroxylation sites is 2. The van der Waals surface area contributed by atoms with Gasteiger partial charge in [0.05, 0.1) is 35.3 Å². The maximum atomic E-state index is 13.2. The molecule has 152 valence electrons. The smallest absolute Gasteiger partial charge is 0.237 e. The molecule has 0 saturated heterocycles. The fourth-order valence-electron chi connectivity index (χ4n) is 2.89. The number of rotatable bonds is 6. The van der Waals surface area contributed by atoms with Crippen LogP contribution in [-0.4, -0.2) is 38.0 Å². The molecular weight excluding hydrogens is 405 g/mol. The summed E-state index contributed by atoms with van der Waals surface area (Å²) in [4.78, 5) is 21.3. The molecule has 2 aromatic heterocycles. The second-order valence-electron chi connectivity index (χ2n) is 6.40. The highest BCUT2D eigenvalue weighted by Gasteiger charge is 2.20. The number of halogens is 1. The van der Waals surface area contributed by atoms with Crippen molar-refractivity contribution in [3.05, 3.63) is 66.9 Å². The van der Waals surface area contributed by atoms with Crippen LogP contribution in [0.25, 0.3) is 16.7 Å². The lowest BCUT2D eigenvalue weighted by Crippen LogP contribution is -2.22. The van der Waals surface area contributed by atoms with Crippen molar-refractivity contribution in [3.63, 3.8) is 0 Å². The molecule has 2 heterocycles. The average molecular weight is 423 g/mol. The van der Waals surface area contributed by atoms with E-state index in [0.29, 0.717) is 33.2 Å². The van der Waals surface area contributed by atoms with E-state index in [2.05, 4.69) is 20.4 Å². The van der Waals surface area contributed by atoms with E-state index < -0.39 is 5.25 Å². The maximum Gasteiger partial charge on any atom is 0.237 e. The zero-order valence-electron chi connectivity index (χ0n) is 16.2. The molecule has 0 radical (unpaired) electrons. The minimum Gasteiger partial charge on any atom is -0.495 e. The molecule has 1 atom stereocenters. The maximum absolute atomic E-state index is 13.2. The third-order valence-electron chi connectivity index (χ3n) is 4.42. The molecule has 0 bridgehead atoms. The lowest BCUT2D eigenvalue weighted by atomic mass is 10.3. The zero-order valence-corrected chi connectivity index (χ0v) is 17.1. The normalized spacial score (nSPS) is 12.0. The van der Waals surface area contributed by atoms with Gasteiger partial charge in [0.2, 0.25) is 5.91 Å². The molecule has 0 aliphatic heterocycles. The number of aromatic nitrogens is 4. The number of nitrogens with zero attached hydrogens (tertiary/aromatic N) is 4. The van der Waals surface area contributed by atoms with E-state index in [4.69, 9.17) is 4.74 Å². The van der Waals surface area contributed by atoms with Crippen LogP contribution in [0.2, 0.25) is 0 Å². The van der Waals surface area contributed by atoms with Gasteiger partial charge in [0.1, 0.15) is 22.9 Å². The highest BCUT2D eigenvalue weighted by Crippen LogP contribution is 2.30. The number of fused-ring (bicyclic) bond motifs is 1. The summed E-state index contributed by atoms with van der Waals surface area (Å²) in [5.74, 6) is 0.0891. The van der Waals surface area contributed by atoms with E-state index in [1.807, 2.05) is 12.1 Å². The summed E-state index contributed by atoms with van der Waals surface area (Å²) in [6.45, 7) is 1.80. The van der Waals surface area contributed by atoms with Crippen LogP contribution in [0.4, 0.5) is 10.1 Å². The SMILES string of the molecule is COc1ccccc1NC(=O)C(C)Sc1ncnc2c1cnn2-c1ccc(F)cc1. The van der Waals surface area contributed by atoms with Gasteiger partial charge < -0.3 is 10.1 Å². The van der Waals surface area contributed by atoms with Gasteiger partial charge in [-0.1, -0.05) is 23.9 Å². The van der Waals surface area contributed by atoms with Crippen LogP contribution in [0, 0.1) is 5.82 Å². The molecule has 1 N–H and O–H groups in total. The van der Waals surface area contributed by atoms with Gasteiger partial charge in [-0.15, -0.1) is 0 Å². The van der Waals surface area contributed by atoms with Crippen LogP contribution in [0.3, 0.4) is 0 Å². The Kier molecular flexibility index (Phi) is 5.62. The van der Waals surface area contributed by atoms with Gasteiger partial charge in [0.25, 0.3) is 0 Å². The predicted octanol–water partition coefficient (Wildman–Crippen LogP) is 4.08. The molecule has 9 heteroatoms. The van der Waals surface area contributed by atoms with Gasteiger partial charge >= 0.3 is 0 Å². The van der Waals surface area contributed by atoms with E-state index in [9.17, 15) is 9.18 Å². The summed E-state index contributed by atoms with van der Waals surface area (Å²) < 4.78 is 20.1. The zero-order chi connectivity index (χ0) is 21.1. The Labute approximate surface area is 176 Å². The molecule has 1 unspecified atom stereocenters. The van der Waals surface area contributed by atoms with Crippen molar-refractivity contribution in [3.8, 4) is 11.4 Å². The van der Waals surface area contributed by atoms with Gasteiger partial charge in [-0.05, 0) is 43.3 Å². The van der Waals surface area contributed by atoms with Crippen LogP contribution in [0.15, 0.2) is 66.1 Å². The summed E-state index contributed by atoms with van der Waals surface area (Å²) in [6, 6.07) is 13.2. The van der Waals surface area contributed by atoms with Crippen LogP contribution in [-0.2, 0) is 4.79 Å². The number of hydrogen-bond acceptors (Lipinski definition) is 6. The molecule has 1 amide bonds. The average Bonchev–Trinajstić information content (AvgIpc) is 3.20. The monoisotopic (exact) mass is 423 g/mol. The number of anilines is 1. The molecule has 0 aliphatic carbocycles. The fourth-order valence-corrected chi connectivity index (χ4v) is 3.77. The van der Waals surface area contributed by atoms with E-state index >= 15 is 0 Å². The van der Waals surface area contributed by atoms with Gasteiger partial charge in [-0.25, -0.2) is 19.0 Å². The van der Waals surface area contributed by atoms with E-state index in [-0.39, 0.29) is 11.7 Å². The Bertz CT molecular complexity index is 1200. The molecule has 4 rings (SSSR count). The molecule has 4 aromatic rings. The molecule has 0 fully saturated rings. The number of benzene rings is 2. The van der Waals surface area contributed by atoms with Gasteiger partial charge in [0.15, 0.2) is 5.65 Å². The largest absolute Gasteiger partial charge is 0.495 e. The van der Waals surface area contributed by atoms with Crippen LogP contribution >= 0.6 is 11.8 Å². The lowest BCUT2D eigenvalue weighted by molar-refractivity contribution is -0.115. The third kappa shape index (κ3) is 3.97. The number of methoxy groups -OCH3 is 1. The first kappa shape index (κ1) is 19.8. The van der Waals surface area contributed by atoms with Crippen molar-refractivity contribution in [2.75, 3.05) is 12.4 Å². The molecule has 0 aliphatic rings. The first-order chi connectivity index (χ1) is 14.6. The number of thioether (sulfide) groups is 1. The Balaban J connectivity index is 1.56. The second kappa shape index (κ2) is 8.50. The van der Waals surface area contributed by atoms with Crippen molar-refractivity contribution < 1.29 is 13.9 Å². The van der Waals surface area contributed by atoms with E-state index in [1.165, 1.54) is 30.2 Å². The molecular formula is C21H18FN5O2S. The summed E-state index contributed by atoms with van der Waals surface area (Å²) in [6.07, 6.45) is 3.07. The van der Waals surface area contributed by atoms with Crippen molar-refractivity contribution in [1.29, 1.82) is 0 Å². The quantitative estimate of drug-likeness (QED) is 0.372. The minimum atomic E-state index is -0.429. The van der Waals surface area contributed by atoms with Crippen LogP contribution in [0.1, 0.15) is 6.92 Å². The number of carbonyl (C=O) groups is 1. The minimum absolute atomic E-state index is 0.179. The van der Waals surface area contributed by atoms with E-state index in [1.54, 1.807) is 49.2 Å². The summed E-state index contributed by atoms with van der Waals surface area (Å²) in [5.41, 5.74) is 1.87. The number of ether oxygens (including phenoxy) is 1. The molecule has 30 heavy (non-hydrogen) atoms. The summed E-state index contributed by atoms with van der Waals surface area (Å²) in [5, 5.41) is 8.16. The fraction of sp³-hybridized carbons (Fsp3) is 0.143. The Morgan fingerprint density at radius 1 is 1.17 bits per heavy atom. The topological polar surface area (TPSA) is 81.9 Å². The van der Waals surface area contributed by atoms with Gasteiger partial charge in [-0.2, -0.15) is 5.10 Å². The molecule has 2 aromatic carbocycles. The number of carbonyl (C=O) groups excluding carboxylic acids is 1. The first-order valence-electron chi connectivity index (χ1n) is 9.12. The summed E-state index contributed by atoms with van der Waals surface area (Å²) >= 11 is 1.31. The number of hydrogen-bond donors (Lipinski definition) is 1. The van der Waals surface area contributed by atoms with Crippen molar-refractivity contribution in [2.45, 2.75) is 17.2 Å². The van der Waals surface area contributed by atoms with Gasteiger partial charge in [0, 0.05) is 0 Å². The Hall–Kier alpha value is -3.46. The molecule has 7 nitrogen and oxygen atoms in total. The molecule has 0 spiro atoms. The molecule has 0 saturated carbocycles. The van der Waals surface area contributed by atoms with Gasteiger partial charge in [-0.3, -0.25) is 4.79 Å².